The van der Waals surface area contributed by atoms with Gasteiger partial charge in [0.25, 0.3) is 0 Å². The molecule has 1 aromatic rings. The normalized spacial score (nSPS) is 19.7. The molecule has 0 unspecified atom stereocenters. The highest BCUT2D eigenvalue weighted by molar-refractivity contribution is 5.15. The van der Waals surface area contributed by atoms with E-state index in [4.69, 9.17) is 0 Å². The summed E-state index contributed by atoms with van der Waals surface area (Å²) < 4.78 is 36.3. The summed E-state index contributed by atoms with van der Waals surface area (Å²) in [7, 11) is 0. The summed E-state index contributed by atoms with van der Waals surface area (Å²) >= 11 is 0. The topological polar surface area (TPSA) is 48.9 Å². The van der Waals surface area contributed by atoms with Crippen LogP contribution >= 0.6 is 0 Å². The van der Waals surface area contributed by atoms with Gasteiger partial charge in [-0.15, -0.1) is 0 Å². The first-order valence-electron chi connectivity index (χ1n) is 4.23. The molecule has 0 radical (unpaired) electrons. The minimum Gasteiger partial charge on any atom is -0.389 e. The van der Waals surface area contributed by atoms with E-state index in [0.29, 0.717) is 18.5 Å². The number of nitrogens with zero attached hydrogens (tertiary/aromatic N) is 1. The number of hydrogen-bond donors (Lipinski definition) is 2. The third kappa shape index (κ3) is 1.89. The van der Waals surface area contributed by atoms with Gasteiger partial charge in [-0.2, -0.15) is 18.3 Å². The van der Waals surface area contributed by atoms with Crippen molar-refractivity contribution in [3.8, 4) is 0 Å². The first-order valence-corrected chi connectivity index (χ1v) is 4.23. The first kappa shape index (κ1) is 9.51. The van der Waals surface area contributed by atoms with Crippen LogP contribution in [0.1, 0.15) is 24.2 Å². The molecule has 78 valence electrons. The van der Waals surface area contributed by atoms with Gasteiger partial charge in [0.2, 0.25) is 0 Å². The Kier molecular flexibility index (Phi) is 1.85. The summed E-state index contributed by atoms with van der Waals surface area (Å²) in [4.78, 5) is 0. The fraction of sp³-hybridized carbons (Fsp3) is 0.625. The zero-order valence-corrected chi connectivity index (χ0v) is 7.23. The number of hydrogen-bond acceptors (Lipinski definition) is 2. The SMILES string of the molecule is OC1(Cc2cc(C(F)(F)F)n[nH]2)CC1. The summed E-state index contributed by atoms with van der Waals surface area (Å²) in [6.45, 7) is 0. The fourth-order valence-electron chi connectivity index (χ4n) is 1.27. The molecule has 1 aliphatic carbocycles. The van der Waals surface area contributed by atoms with Gasteiger partial charge in [0.15, 0.2) is 5.69 Å². The van der Waals surface area contributed by atoms with Crippen molar-refractivity contribution in [3.63, 3.8) is 0 Å². The minimum absolute atomic E-state index is 0.218. The maximum atomic E-state index is 12.1. The molecule has 0 saturated heterocycles. The molecule has 6 heteroatoms. The lowest BCUT2D eigenvalue weighted by atomic mass is 10.1. The third-order valence-corrected chi connectivity index (χ3v) is 2.27. The van der Waals surface area contributed by atoms with Crippen LogP contribution in [0.25, 0.3) is 0 Å². The van der Waals surface area contributed by atoms with E-state index < -0.39 is 17.5 Å². The Balaban J connectivity index is 2.10. The van der Waals surface area contributed by atoms with E-state index in [1.54, 1.807) is 0 Å². The number of aromatic amines is 1. The summed E-state index contributed by atoms with van der Waals surface area (Å²) in [6.07, 6.45) is -2.91. The second kappa shape index (κ2) is 2.73. The molecule has 1 fully saturated rings. The number of halogens is 3. The van der Waals surface area contributed by atoms with Crippen LogP contribution in [0, 0.1) is 0 Å². The number of alkyl halides is 3. The fourth-order valence-corrected chi connectivity index (χ4v) is 1.27. The summed E-state index contributed by atoms with van der Waals surface area (Å²) in [5.74, 6) is 0. The van der Waals surface area contributed by atoms with Crippen molar-refractivity contribution in [1.82, 2.24) is 10.2 Å². The van der Waals surface area contributed by atoms with E-state index in [9.17, 15) is 18.3 Å². The highest BCUT2D eigenvalue weighted by Gasteiger charge is 2.41. The molecular formula is C8H9F3N2O. The maximum Gasteiger partial charge on any atom is 0.435 e. The Morgan fingerprint density at radius 2 is 2.14 bits per heavy atom. The minimum atomic E-state index is -4.42. The van der Waals surface area contributed by atoms with Gasteiger partial charge in [0.1, 0.15) is 0 Å². The van der Waals surface area contributed by atoms with Crippen molar-refractivity contribution >= 4 is 0 Å². The van der Waals surface area contributed by atoms with Crippen LogP contribution < -0.4 is 0 Å². The largest absolute Gasteiger partial charge is 0.435 e. The standard InChI is InChI=1S/C8H9F3N2O/c9-8(10,11)6-3-5(12-13-6)4-7(14)1-2-7/h3,14H,1-2,4H2,(H,12,13). The maximum absolute atomic E-state index is 12.1. The lowest BCUT2D eigenvalue weighted by molar-refractivity contribution is -0.141. The molecule has 1 heterocycles. The molecule has 2 N–H and O–H groups in total. The lowest BCUT2D eigenvalue weighted by Crippen LogP contribution is -2.10. The first-order chi connectivity index (χ1) is 6.39. The molecule has 2 rings (SSSR count). The quantitative estimate of drug-likeness (QED) is 0.770. The van der Waals surface area contributed by atoms with E-state index in [1.807, 2.05) is 0 Å². The Hall–Kier alpha value is -1.04. The van der Waals surface area contributed by atoms with Crippen LogP contribution in [-0.4, -0.2) is 20.9 Å². The summed E-state index contributed by atoms with van der Waals surface area (Å²) in [5.41, 5.74) is -1.40. The highest BCUT2D eigenvalue weighted by atomic mass is 19.4. The summed E-state index contributed by atoms with van der Waals surface area (Å²) in [6, 6.07) is 0.941. The van der Waals surface area contributed by atoms with Gasteiger partial charge in [-0.3, -0.25) is 5.10 Å². The summed E-state index contributed by atoms with van der Waals surface area (Å²) in [5, 5.41) is 14.9. The molecule has 1 aromatic heterocycles. The molecular weight excluding hydrogens is 197 g/mol. The monoisotopic (exact) mass is 206 g/mol. The number of nitrogens with one attached hydrogen (secondary N) is 1. The number of H-pyrrole nitrogens is 1. The molecule has 0 amide bonds. The van der Waals surface area contributed by atoms with Crippen LogP contribution in [-0.2, 0) is 12.6 Å². The van der Waals surface area contributed by atoms with Gasteiger partial charge < -0.3 is 5.11 Å². The molecule has 1 aliphatic rings. The zero-order valence-electron chi connectivity index (χ0n) is 7.23. The molecule has 0 bridgehead atoms. The van der Waals surface area contributed by atoms with Crippen molar-refractivity contribution in [2.45, 2.75) is 31.0 Å². The molecule has 0 aliphatic heterocycles. The molecule has 0 atom stereocenters. The number of rotatable bonds is 2. The van der Waals surface area contributed by atoms with Gasteiger partial charge in [-0.05, 0) is 18.9 Å². The number of aliphatic hydroxyl groups is 1. The van der Waals surface area contributed by atoms with Gasteiger partial charge in [-0.25, -0.2) is 0 Å². The average Bonchev–Trinajstić information content (AvgIpc) is 2.61. The van der Waals surface area contributed by atoms with Crippen LogP contribution in [0.2, 0.25) is 0 Å². The van der Waals surface area contributed by atoms with Crippen LogP contribution in [0.3, 0.4) is 0 Å². The van der Waals surface area contributed by atoms with Gasteiger partial charge >= 0.3 is 6.18 Å². The Morgan fingerprint density at radius 3 is 2.57 bits per heavy atom. The number of aromatic nitrogens is 2. The predicted octanol–water partition coefficient (Wildman–Crippen LogP) is 1.50. The van der Waals surface area contributed by atoms with Crippen LogP contribution in [0.5, 0.6) is 0 Å². The zero-order chi connectivity index (χ0) is 10.4. The predicted molar refractivity (Wildman–Crippen MR) is 41.5 cm³/mol. The smallest absolute Gasteiger partial charge is 0.389 e. The molecule has 14 heavy (non-hydrogen) atoms. The second-order valence-electron chi connectivity index (χ2n) is 3.68. The lowest BCUT2D eigenvalue weighted by Gasteiger charge is -2.03. The second-order valence-corrected chi connectivity index (χ2v) is 3.68. The van der Waals surface area contributed by atoms with Crippen molar-refractivity contribution in [3.05, 3.63) is 17.5 Å². The van der Waals surface area contributed by atoms with Gasteiger partial charge in [-0.1, -0.05) is 0 Å². The van der Waals surface area contributed by atoms with E-state index in [0.717, 1.165) is 6.07 Å². The van der Waals surface area contributed by atoms with Gasteiger partial charge in [0, 0.05) is 12.1 Å². The highest BCUT2D eigenvalue weighted by Crippen LogP contribution is 2.38. The Bertz CT molecular complexity index is 341. The van der Waals surface area contributed by atoms with E-state index in [1.165, 1.54) is 0 Å². The molecule has 1 saturated carbocycles. The molecule has 3 nitrogen and oxygen atoms in total. The Labute approximate surface area is 77.9 Å². The van der Waals surface area contributed by atoms with Gasteiger partial charge in [0.05, 0.1) is 5.60 Å². The van der Waals surface area contributed by atoms with E-state index >= 15 is 0 Å². The van der Waals surface area contributed by atoms with Crippen LogP contribution in [0.15, 0.2) is 6.07 Å². The van der Waals surface area contributed by atoms with Crippen molar-refractivity contribution in [2.24, 2.45) is 0 Å². The van der Waals surface area contributed by atoms with Crippen molar-refractivity contribution in [1.29, 1.82) is 0 Å². The third-order valence-electron chi connectivity index (χ3n) is 2.27. The van der Waals surface area contributed by atoms with Crippen molar-refractivity contribution in [2.75, 3.05) is 0 Å². The van der Waals surface area contributed by atoms with Crippen LogP contribution in [0.4, 0.5) is 13.2 Å². The van der Waals surface area contributed by atoms with E-state index in [2.05, 4.69) is 10.2 Å². The van der Waals surface area contributed by atoms with Crippen molar-refractivity contribution < 1.29 is 18.3 Å². The molecule has 0 spiro atoms. The average molecular weight is 206 g/mol. The van der Waals surface area contributed by atoms with E-state index in [-0.39, 0.29) is 6.42 Å². The Morgan fingerprint density at radius 1 is 1.50 bits per heavy atom. The molecule has 0 aromatic carbocycles.